The van der Waals surface area contributed by atoms with Crippen molar-refractivity contribution in [3.63, 3.8) is 0 Å². The van der Waals surface area contributed by atoms with Gasteiger partial charge in [-0.1, -0.05) is 11.6 Å². The van der Waals surface area contributed by atoms with Crippen molar-refractivity contribution < 1.29 is 4.79 Å². The summed E-state index contributed by atoms with van der Waals surface area (Å²) in [7, 11) is 0. The number of aromatic nitrogens is 3. The summed E-state index contributed by atoms with van der Waals surface area (Å²) in [4.78, 5) is 24.1. The molecule has 1 amide bonds. The molecule has 124 valence electrons. The highest BCUT2D eigenvalue weighted by Crippen LogP contribution is 2.35. The average Bonchev–Trinajstić information content (AvgIpc) is 2.95. The van der Waals surface area contributed by atoms with E-state index in [4.69, 9.17) is 17.3 Å². The van der Waals surface area contributed by atoms with Gasteiger partial charge >= 0.3 is 0 Å². The molecule has 0 aliphatic rings. The smallest absolute Gasteiger partial charge is 0.257 e. The highest BCUT2D eigenvalue weighted by Gasteiger charge is 2.16. The van der Waals surface area contributed by atoms with E-state index in [-0.39, 0.29) is 5.91 Å². The summed E-state index contributed by atoms with van der Waals surface area (Å²) in [6.45, 7) is 1.79. The Morgan fingerprint density at radius 1 is 1.32 bits per heavy atom. The first-order chi connectivity index (χ1) is 12.0. The van der Waals surface area contributed by atoms with Crippen LogP contribution in [0.1, 0.15) is 16.1 Å². The van der Waals surface area contributed by atoms with Gasteiger partial charge in [0.2, 0.25) is 0 Å². The number of nitrogens with one attached hydrogen (secondary N) is 2. The summed E-state index contributed by atoms with van der Waals surface area (Å²) in [5.41, 5.74) is 9.87. The first kappa shape index (κ1) is 15.4. The van der Waals surface area contributed by atoms with Gasteiger partial charge in [0.1, 0.15) is 0 Å². The van der Waals surface area contributed by atoms with E-state index in [1.165, 1.54) is 0 Å². The van der Waals surface area contributed by atoms with Gasteiger partial charge in [0.25, 0.3) is 5.91 Å². The summed E-state index contributed by atoms with van der Waals surface area (Å²) in [6.07, 6.45) is 4.93. The number of nitrogen functional groups attached to an aromatic ring is 1. The lowest BCUT2D eigenvalue weighted by Gasteiger charge is -2.09. The third-order valence-electron chi connectivity index (χ3n) is 4.11. The minimum Gasteiger partial charge on any atom is -0.397 e. The molecule has 4 N–H and O–H groups in total. The standard InChI is InChI=1S/C18H14ClN5O/c1-9-11(3-2-4-22-9)18(25)24-14-6-10(19)5-12-16-13(20)7-21-8-15(16)23-17(12)14/h2-8,23H,20H2,1H3,(H,24,25). The zero-order chi connectivity index (χ0) is 17.6. The van der Waals surface area contributed by atoms with E-state index in [1.807, 2.05) is 6.07 Å². The molecule has 6 nitrogen and oxygen atoms in total. The zero-order valence-corrected chi connectivity index (χ0v) is 14.1. The normalized spacial score (nSPS) is 11.1. The molecule has 0 saturated carbocycles. The number of pyridine rings is 2. The summed E-state index contributed by atoms with van der Waals surface area (Å²) < 4.78 is 0. The van der Waals surface area contributed by atoms with Crippen LogP contribution in [0.5, 0.6) is 0 Å². The number of hydrogen-bond donors (Lipinski definition) is 3. The molecule has 0 aliphatic carbocycles. The number of nitrogens with zero attached hydrogens (tertiary/aromatic N) is 2. The second-order valence-electron chi connectivity index (χ2n) is 5.74. The summed E-state index contributed by atoms with van der Waals surface area (Å²) in [6, 6.07) is 6.97. The quantitative estimate of drug-likeness (QED) is 0.510. The molecule has 1 aromatic carbocycles. The number of anilines is 2. The van der Waals surface area contributed by atoms with Gasteiger partial charge in [-0.15, -0.1) is 0 Å². The third-order valence-corrected chi connectivity index (χ3v) is 4.33. The van der Waals surface area contributed by atoms with Crippen LogP contribution in [0, 0.1) is 6.92 Å². The van der Waals surface area contributed by atoms with Gasteiger partial charge < -0.3 is 16.0 Å². The molecule has 0 radical (unpaired) electrons. The van der Waals surface area contributed by atoms with E-state index in [0.29, 0.717) is 27.7 Å². The zero-order valence-electron chi connectivity index (χ0n) is 13.3. The number of carbonyl (C=O) groups excluding carboxylic acids is 1. The van der Waals surface area contributed by atoms with Crippen LogP contribution in [0.2, 0.25) is 5.02 Å². The van der Waals surface area contributed by atoms with Crippen LogP contribution in [-0.4, -0.2) is 20.9 Å². The molecular formula is C18H14ClN5O. The van der Waals surface area contributed by atoms with Gasteiger partial charge in [-0.05, 0) is 31.2 Å². The molecule has 3 aromatic heterocycles. The molecule has 0 fully saturated rings. The van der Waals surface area contributed by atoms with Crippen LogP contribution < -0.4 is 11.1 Å². The molecule has 0 spiro atoms. The lowest BCUT2D eigenvalue weighted by Crippen LogP contribution is -2.14. The highest BCUT2D eigenvalue weighted by atomic mass is 35.5. The lowest BCUT2D eigenvalue weighted by atomic mass is 10.1. The second kappa shape index (κ2) is 5.75. The number of aromatic amines is 1. The molecule has 0 saturated heterocycles. The number of hydrogen-bond acceptors (Lipinski definition) is 4. The number of rotatable bonds is 2. The van der Waals surface area contributed by atoms with E-state index in [0.717, 1.165) is 21.8 Å². The molecule has 0 unspecified atom stereocenters. The van der Waals surface area contributed by atoms with Gasteiger partial charge in [0.05, 0.1) is 40.4 Å². The molecule has 4 aromatic rings. The maximum atomic E-state index is 12.6. The maximum Gasteiger partial charge on any atom is 0.257 e. The molecule has 3 heterocycles. The number of H-pyrrole nitrogens is 1. The van der Waals surface area contributed by atoms with Crippen molar-refractivity contribution >= 4 is 50.7 Å². The molecule has 25 heavy (non-hydrogen) atoms. The molecule has 0 atom stereocenters. The van der Waals surface area contributed by atoms with Gasteiger partial charge in [-0.2, -0.15) is 0 Å². The lowest BCUT2D eigenvalue weighted by molar-refractivity contribution is 0.102. The number of aryl methyl sites for hydroxylation is 1. The van der Waals surface area contributed by atoms with Gasteiger partial charge in [0, 0.05) is 27.7 Å². The molecular weight excluding hydrogens is 338 g/mol. The Morgan fingerprint density at radius 2 is 2.16 bits per heavy atom. The van der Waals surface area contributed by atoms with Gasteiger partial charge in [-0.3, -0.25) is 14.8 Å². The van der Waals surface area contributed by atoms with E-state index in [9.17, 15) is 4.79 Å². The second-order valence-corrected chi connectivity index (χ2v) is 6.18. The number of amides is 1. The summed E-state index contributed by atoms with van der Waals surface area (Å²) in [5.74, 6) is -0.251. The van der Waals surface area contributed by atoms with Crippen molar-refractivity contribution in [1.82, 2.24) is 15.0 Å². The Kier molecular flexibility index (Phi) is 3.54. The van der Waals surface area contributed by atoms with E-state index in [2.05, 4.69) is 20.3 Å². The molecule has 0 aliphatic heterocycles. The Labute approximate surface area is 148 Å². The number of nitrogens with two attached hydrogens (primary N) is 1. The summed E-state index contributed by atoms with van der Waals surface area (Å²) in [5, 5.41) is 5.08. The van der Waals surface area contributed by atoms with Crippen molar-refractivity contribution in [2.24, 2.45) is 0 Å². The van der Waals surface area contributed by atoms with E-state index in [1.54, 1.807) is 43.7 Å². The van der Waals surface area contributed by atoms with Crippen molar-refractivity contribution in [2.45, 2.75) is 6.92 Å². The largest absolute Gasteiger partial charge is 0.397 e. The SMILES string of the molecule is Cc1ncccc1C(=O)Nc1cc(Cl)cc2c1[nH]c1cncc(N)c12. The van der Waals surface area contributed by atoms with Crippen molar-refractivity contribution in [3.8, 4) is 0 Å². The molecule has 7 heteroatoms. The monoisotopic (exact) mass is 351 g/mol. The Balaban J connectivity index is 1.88. The number of fused-ring (bicyclic) bond motifs is 3. The minimum absolute atomic E-state index is 0.251. The van der Waals surface area contributed by atoms with E-state index < -0.39 is 0 Å². The Hall–Kier alpha value is -3.12. The average molecular weight is 352 g/mol. The van der Waals surface area contributed by atoms with Gasteiger partial charge in [-0.25, -0.2) is 0 Å². The number of halogens is 1. The number of carbonyl (C=O) groups is 1. The topological polar surface area (TPSA) is 96.7 Å². The summed E-state index contributed by atoms with van der Waals surface area (Å²) >= 11 is 6.26. The first-order valence-electron chi connectivity index (χ1n) is 7.62. The van der Waals surface area contributed by atoms with Crippen LogP contribution >= 0.6 is 11.6 Å². The van der Waals surface area contributed by atoms with Crippen LogP contribution in [0.15, 0.2) is 42.9 Å². The van der Waals surface area contributed by atoms with Crippen molar-refractivity contribution in [2.75, 3.05) is 11.1 Å². The minimum atomic E-state index is -0.251. The van der Waals surface area contributed by atoms with Crippen LogP contribution in [0.4, 0.5) is 11.4 Å². The Morgan fingerprint density at radius 3 is 2.96 bits per heavy atom. The third kappa shape index (κ3) is 2.56. The predicted octanol–water partition coefficient (Wildman–Crippen LogP) is 3.91. The van der Waals surface area contributed by atoms with Crippen LogP contribution in [-0.2, 0) is 0 Å². The fraction of sp³-hybridized carbons (Fsp3) is 0.0556. The van der Waals surface area contributed by atoms with Crippen LogP contribution in [0.25, 0.3) is 21.8 Å². The number of benzene rings is 1. The predicted molar refractivity (Wildman–Crippen MR) is 99.9 cm³/mol. The first-order valence-corrected chi connectivity index (χ1v) is 8.00. The van der Waals surface area contributed by atoms with Crippen LogP contribution in [0.3, 0.4) is 0 Å². The van der Waals surface area contributed by atoms with Crippen molar-refractivity contribution in [3.05, 3.63) is 59.1 Å². The molecule has 4 rings (SSSR count). The molecule has 0 bridgehead atoms. The van der Waals surface area contributed by atoms with Crippen molar-refractivity contribution in [1.29, 1.82) is 0 Å². The van der Waals surface area contributed by atoms with Gasteiger partial charge in [0.15, 0.2) is 0 Å². The fourth-order valence-corrected chi connectivity index (χ4v) is 3.18. The maximum absolute atomic E-state index is 12.6. The fourth-order valence-electron chi connectivity index (χ4n) is 2.96. The Bertz CT molecular complexity index is 1140. The highest BCUT2D eigenvalue weighted by molar-refractivity contribution is 6.33. The van der Waals surface area contributed by atoms with E-state index >= 15 is 0 Å².